The summed E-state index contributed by atoms with van der Waals surface area (Å²) in [6.07, 6.45) is 0.211. The first-order valence-corrected chi connectivity index (χ1v) is 4.66. The summed E-state index contributed by atoms with van der Waals surface area (Å²) < 4.78 is 0. The van der Waals surface area contributed by atoms with Crippen LogP contribution < -0.4 is 11.1 Å². The summed E-state index contributed by atoms with van der Waals surface area (Å²) in [6.45, 7) is 5.80. The fraction of sp³-hybridized carbons (Fsp3) is 0.889. The second-order valence-electron chi connectivity index (χ2n) is 3.58. The first kappa shape index (κ1) is 12.4. The molecule has 0 aromatic heterocycles. The first-order valence-electron chi connectivity index (χ1n) is 4.66. The Bertz CT molecular complexity index is 158. The molecule has 4 nitrogen and oxygen atoms in total. The van der Waals surface area contributed by atoms with Crippen molar-refractivity contribution in [1.82, 2.24) is 5.32 Å². The molecule has 13 heavy (non-hydrogen) atoms. The van der Waals surface area contributed by atoms with Gasteiger partial charge in [0, 0.05) is 18.5 Å². The fourth-order valence-electron chi connectivity index (χ4n) is 0.804. The first-order chi connectivity index (χ1) is 5.95. The third-order valence-electron chi connectivity index (χ3n) is 2.06. The Morgan fingerprint density at radius 2 is 2.00 bits per heavy atom. The predicted octanol–water partition coefficient (Wildman–Crippen LogP) is -0.143. The van der Waals surface area contributed by atoms with E-state index in [4.69, 9.17) is 10.8 Å². The molecule has 0 rings (SSSR count). The topological polar surface area (TPSA) is 75.3 Å². The lowest BCUT2D eigenvalue weighted by Gasteiger charge is -2.15. The molecular formula is C9H20N2O2. The third kappa shape index (κ3) is 5.60. The maximum absolute atomic E-state index is 11.3. The second kappa shape index (κ2) is 5.94. The maximum Gasteiger partial charge on any atom is 0.224 e. The van der Waals surface area contributed by atoms with E-state index in [2.05, 4.69) is 5.32 Å². The molecule has 4 N–H and O–H groups in total. The molecule has 3 unspecified atom stereocenters. The van der Waals surface area contributed by atoms with Gasteiger partial charge in [-0.15, -0.1) is 0 Å². The molecule has 0 spiro atoms. The molecular weight excluding hydrogens is 168 g/mol. The molecule has 4 heteroatoms. The van der Waals surface area contributed by atoms with Crippen LogP contribution in [0.2, 0.25) is 0 Å². The fourth-order valence-corrected chi connectivity index (χ4v) is 0.804. The van der Waals surface area contributed by atoms with Crippen molar-refractivity contribution >= 4 is 5.91 Å². The predicted molar refractivity (Wildman–Crippen MR) is 52.1 cm³/mol. The number of carbonyl (C=O) groups excluding carboxylic acids is 1. The summed E-state index contributed by atoms with van der Waals surface area (Å²) in [6, 6.07) is -0.133. The zero-order valence-corrected chi connectivity index (χ0v) is 8.58. The van der Waals surface area contributed by atoms with Gasteiger partial charge in [-0.2, -0.15) is 0 Å². The maximum atomic E-state index is 11.3. The van der Waals surface area contributed by atoms with E-state index in [-0.39, 0.29) is 24.0 Å². The third-order valence-corrected chi connectivity index (χ3v) is 2.06. The number of rotatable bonds is 5. The summed E-state index contributed by atoms with van der Waals surface area (Å²) in [5.74, 6) is -0.218. The van der Waals surface area contributed by atoms with Gasteiger partial charge < -0.3 is 16.2 Å². The summed E-state index contributed by atoms with van der Waals surface area (Å²) >= 11 is 0. The molecule has 0 aliphatic rings. The summed E-state index contributed by atoms with van der Waals surface area (Å²) in [5, 5.41) is 11.7. The molecule has 0 saturated heterocycles. The van der Waals surface area contributed by atoms with E-state index in [0.717, 1.165) is 0 Å². The van der Waals surface area contributed by atoms with Gasteiger partial charge in [-0.1, -0.05) is 6.92 Å². The van der Waals surface area contributed by atoms with Gasteiger partial charge in [-0.25, -0.2) is 0 Å². The van der Waals surface area contributed by atoms with Crippen molar-refractivity contribution in [3.8, 4) is 0 Å². The van der Waals surface area contributed by atoms with Gasteiger partial charge in [-0.3, -0.25) is 4.79 Å². The quantitative estimate of drug-likeness (QED) is 0.562. The van der Waals surface area contributed by atoms with Gasteiger partial charge in [0.05, 0.1) is 6.10 Å². The molecule has 78 valence electrons. The Morgan fingerprint density at radius 3 is 2.38 bits per heavy atom. The van der Waals surface area contributed by atoms with Crippen LogP contribution in [0.15, 0.2) is 0 Å². The highest BCUT2D eigenvalue weighted by molar-refractivity contribution is 5.78. The van der Waals surface area contributed by atoms with Crippen molar-refractivity contribution in [2.24, 2.45) is 11.7 Å². The van der Waals surface area contributed by atoms with E-state index in [1.54, 1.807) is 20.8 Å². The van der Waals surface area contributed by atoms with E-state index in [1.807, 2.05) is 0 Å². The lowest BCUT2D eigenvalue weighted by atomic mass is 10.0. The molecule has 0 fully saturated rings. The largest absolute Gasteiger partial charge is 0.393 e. The Labute approximate surface area is 79.5 Å². The number of amides is 1. The van der Waals surface area contributed by atoms with E-state index < -0.39 is 0 Å². The summed E-state index contributed by atoms with van der Waals surface area (Å²) in [4.78, 5) is 11.3. The molecule has 0 aromatic carbocycles. The van der Waals surface area contributed by atoms with E-state index in [0.29, 0.717) is 13.0 Å². The smallest absolute Gasteiger partial charge is 0.224 e. The summed E-state index contributed by atoms with van der Waals surface area (Å²) in [5.41, 5.74) is 5.56. The number of hydrogen-bond donors (Lipinski definition) is 3. The van der Waals surface area contributed by atoms with Gasteiger partial charge in [0.25, 0.3) is 0 Å². The molecule has 0 aromatic rings. The molecule has 0 radical (unpaired) electrons. The zero-order valence-electron chi connectivity index (χ0n) is 8.58. The van der Waals surface area contributed by atoms with E-state index in [9.17, 15) is 4.79 Å². The molecule has 1 amide bonds. The average Bonchev–Trinajstić information content (AvgIpc) is 2.02. The SMILES string of the molecule is CC(O)CCNC(=O)C(C)C(C)N. The Balaban J connectivity index is 3.62. The van der Waals surface area contributed by atoms with Crippen LogP contribution in [0.3, 0.4) is 0 Å². The van der Waals surface area contributed by atoms with Crippen molar-refractivity contribution in [1.29, 1.82) is 0 Å². The number of aliphatic hydroxyl groups is 1. The van der Waals surface area contributed by atoms with Crippen molar-refractivity contribution in [2.45, 2.75) is 39.3 Å². The average molecular weight is 188 g/mol. The van der Waals surface area contributed by atoms with Crippen molar-refractivity contribution in [3.05, 3.63) is 0 Å². The van der Waals surface area contributed by atoms with Crippen molar-refractivity contribution < 1.29 is 9.90 Å². The molecule has 0 bridgehead atoms. The molecule has 0 saturated carbocycles. The number of aliphatic hydroxyl groups excluding tert-OH is 1. The van der Waals surface area contributed by atoms with Gasteiger partial charge in [0.15, 0.2) is 0 Å². The van der Waals surface area contributed by atoms with Gasteiger partial charge in [0.2, 0.25) is 5.91 Å². The minimum absolute atomic E-state index is 0.0457. The van der Waals surface area contributed by atoms with Crippen LogP contribution in [0.25, 0.3) is 0 Å². The highest BCUT2D eigenvalue weighted by atomic mass is 16.3. The van der Waals surface area contributed by atoms with Crippen LogP contribution in [0.1, 0.15) is 27.2 Å². The van der Waals surface area contributed by atoms with Crippen LogP contribution in [-0.4, -0.2) is 29.7 Å². The Morgan fingerprint density at radius 1 is 1.46 bits per heavy atom. The molecule has 0 aliphatic carbocycles. The Kier molecular flexibility index (Phi) is 5.66. The number of nitrogens with two attached hydrogens (primary N) is 1. The molecule has 0 aliphatic heterocycles. The van der Waals surface area contributed by atoms with Gasteiger partial charge >= 0.3 is 0 Å². The number of hydrogen-bond acceptors (Lipinski definition) is 3. The monoisotopic (exact) mass is 188 g/mol. The second-order valence-corrected chi connectivity index (χ2v) is 3.58. The normalized spacial score (nSPS) is 17.6. The van der Waals surface area contributed by atoms with Crippen LogP contribution in [0.5, 0.6) is 0 Å². The minimum Gasteiger partial charge on any atom is -0.393 e. The molecule has 0 heterocycles. The van der Waals surface area contributed by atoms with Crippen LogP contribution >= 0.6 is 0 Å². The van der Waals surface area contributed by atoms with Crippen LogP contribution in [0.4, 0.5) is 0 Å². The van der Waals surface area contributed by atoms with E-state index in [1.165, 1.54) is 0 Å². The van der Waals surface area contributed by atoms with Crippen molar-refractivity contribution in [3.63, 3.8) is 0 Å². The minimum atomic E-state index is -0.370. The zero-order chi connectivity index (χ0) is 10.4. The highest BCUT2D eigenvalue weighted by Crippen LogP contribution is 1.99. The lowest BCUT2D eigenvalue weighted by molar-refractivity contribution is -0.124. The van der Waals surface area contributed by atoms with Gasteiger partial charge in [-0.05, 0) is 20.3 Å². The summed E-state index contributed by atoms with van der Waals surface area (Å²) in [7, 11) is 0. The number of carbonyl (C=O) groups is 1. The number of nitrogens with one attached hydrogen (secondary N) is 1. The van der Waals surface area contributed by atoms with Gasteiger partial charge in [0.1, 0.15) is 0 Å². The van der Waals surface area contributed by atoms with E-state index >= 15 is 0 Å². The van der Waals surface area contributed by atoms with Crippen molar-refractivity contribution in [2.75, 3.05) is 6.54 Å². The van der Waals surface area contributed by atoms with Crippen LogP contribution in [0, 0.1) is 5.92 Å². The lowest BCUT2D eigenvalue weighted by Crippen LogP contribution is -2.39. The molecule has 3 atom stereocenters. The standard InChI is InChI=1S/C9H20N2O2/c1-6(12)4-5-11-9(13)7(2)8(3)10/h6-8,12H,4-5,10H2,1-3H3,(H,11,13). The van der Waals surface area contributed by atoms with Crippen LogP contribution in [-0.2, 0) is 4.79 Å². The highest BCUT2D eigenvalue weighted by Gasteiger charge is 2.16. The Hall–Kier alpha value is -0.610.